The average molecular weight is 638 g/mol. The van der Waals surface area contributed by atoms with Crippen LogP contribution in [0.15, 0.2) is 61.3 Å². The van der Waals surface area contributed by atoms with E-state index in [2.05, 4.69) is 33.7 Å². The maximum atomic E-state index is 15.7. The topological polar surface area (TPSA) is 122 Å². The Morgan fingerprint density at radius 3 is 2.59 bits per heavy atom. The number of carbonyl (C=O) groups is 1. The molecule has 0 bridgehead atoms. The lowest BCUT2D eigenvalue weighted by atomic mass is 9.72. The highest BCUT2D eigenvalue weighted by atomic mass is 19.4. The number of nitrogens with zero attached hydrogens (tertiary/aromatic N) is 5. The summed E-state index contributed by atoms with van der Waals surface area (Å²) in [6.07, 6.45) is 5.19. The number of halogens is 4. The summed E-state index contributed by atoms with van der Waals surface area (Å²) in [7, 11) is 0. The van der Waals surface area contributed by atoms with Gasteiger partial charge in [-0.15, -0.1) is 0 Å². The van der Waals surface area contributed by atoms with Gasteiger partial charge in [0.25, 0.3) is 5.91 Å². The van der Waals surface area contributed by atoms with E-state index >= 15 is 4.39 Å². The lowest BCUT2D eigenvalue weighted by molar-refractivity contribution is -0.137. The Kier molecular flexibility index (Phi) is 8.21. The summed E-state index contributed by atoms with van der Waals surface area (Å²) in [5, 5.41) is 12.4. The van der Waals surface area contributed by atoms with Gasteiger partial charge in [0.2, 0.25) is 0 Å². The fourth-order valence-corrected chi connectivity index (χ4v) is 6.72. The number of aliphatic hydroxyl groups excluding tert-OH is 1. The van der Waals surface area contributed by atoms with Gasteiger partial charge in [-0.25, -0.2) is 19.3 Å². The van der Waals surface area contributed by atoms with Crippen LogP contribution in [0.2, 0.25) is 0 Å². The first-order valence-corrected chi connectivity index (χ1v) is 15.2. The molecule has 1 atom stereocenters. The Balaban J connectivity index is 1.25. The highest BCUT2D eigenvalue weighted by Crippen LogP contribution is 2.43. The number of piperidine rings is 1. The van der Waals surface area contributed by atoms with Crippen LogP contribution in [0.5, 0.6) is 0 Å². The van der Waals surface area contributed by atoms with E-state index in [9.17, 15) is 23.1 Å². The number of nitrogen functional groups attached to an aromatic ring is 1. The number of benzene rings is 1. The minimum absolute atomic E-state index is 0.0472. The predicted octanol–water partition coefficient (Wildman–Crippen LogP) is 6.98. The van der Waals surface area contributed by atoms with Crippen LogP contribution in [0, 0.1) is 11.2 Å². The third kappa shape index (κ3) is 6.03. The van der Waals surface area contributed by atoms with Crippen molar-refractivity contribution in [3.05, 3.63) is 84.0 Å². The number of amides is 1. The van der Waals surface area contributed by atoms with E-state index in [1.54, 1.807) is 12.4 Å². The van der Waals surface area contributed by atoms with Gasteiger partial charge in [-0.05, 0) is 75.4 Å². The van der Waals surface area contributed by atoms with Crippen LogP contribution in [0.25, 0.3) is 16.8 Å². The van der Waals surface area contributed by atoms with Gasteiger partial charge in [-0.2, -0.15) is 13.2 Å². The number of nitrogens with one attached hydrogen (secondary N) is 1. The maximum Gasteiger partial charge on any atom is 0.416 e. The first-order valence-electron chi connectivity index (χ1n) is 15.2. The van der Waals surface area contributed by atoms with Gasteiger partial charge in [0.05, 0.1) is 11.3 Å². The second-order valence-electron chi connectivity index (χ2n) is 12.5. The fraction of sp³-hybridized carbons (Fsp3) is 0.394. The van der Waals surface area contributed by atoms with Gasteiger partial charge in [0.1, 0.15) is 34.5 Å². The van der Waals surface area contributed by atoms with Gasteiger partial charge < -0.3 is 16.2 Å². The molecular formula is C33H35F4N7O2. The number of hydrogen-bond donors (Lipinski definition) is 3. The molecule has 46 heavy (non-hydrogen) atoms. The minimum atomic E-state index is -4.61. The average Bonchev–Trinajstić information content (AvgIpc) is 3.42. The molecule has 2 aliphatic rings. The molecule has 1 amide bonds. The molecule has 1 saturated carbocycles. The number of imidazole rings is 1. The summed E-state index contributed by atoms with van der Waals surface area (Å²) in [6.45, 7) is 7.58. The third-order valence-electron chi connectivity index (χ3n) is 9.52. The van der Waals surface area contributed by atoms with E-state index in [1.165, 1.54) is 12.1 Å². The quantitative estimate of drug-likeness (QED) is 0.154. The predicted molar refractivity (Wildman–Crippen MR) is 166 cm³/mol. The first-order chi connectivity index (χ1) is 21.8. The first kappa shape index (κ1) is 31.5. The van der Waals surface area contributed by atoms with E-state index in [-0.39, 0.29) is 45.5 Å². The van der Waals surface area contributed by atoms with E-state index in [4.69, 9.17) is 10.7 Å². The summed E-state index contributed by atoms with van der Waals surface area (Å²) in [5.74, 6) is -0.662. The molecule has 242 valence electrons. The number of alkyl halides is 3. The molecule has 9 nitrogen and oxygen atoms in total. The van der Waals surface area contributed by atoms with Gasteiger partial charge >= 0.3 is 6.18 Å². The molecule has 0 radical (unpaired) electrons. The Hall–Kier alpha value is -4.52. The number of hydrogen-bond acceptors (Lipinski definition) is 7. The smallest absolute Gasteiger partial charge is 0.416 e. The van der Waals surface area contributed by atoms with Crippen molar-refractivity contribution in [2.24, 2.45) is 5.41 Å². The molecule has 0 spiro atoms. The summed E-state index contributed by atoms with van der Waals surface area (Å²) < 4.78 is 56.8. The van der Waals surface area contributed by atoms with Crippen LogP contribution < -0.4 is 11.1 Å². The molecule has 13 heteroatoms. The molecule has 6 rings (SSSR count). The summed E-state index contributed by atoms with van der Waals surface area (Å²) in [4.78, 5) is 28.2. The molecular weight excluding hydrogens is 602 g/mol. The number of anilines is 2. The van der Waals surface area contributed by atoms with E-state index in [0.717, 1.165) is 75.8 Å². The van der Waals surface area contributed by atoms with Crippen molar-refractivity contribution in [3.63, 3.8) is 0 Å². The largest absolute Gasteiger partial charge is 0.512 e. The van der Waals surface area contributed by atoms with Crippen LogP contribution >= 0.6 is 0 Å². The van der Waals surface area contributed by atoms with Crippen molar-refractivity contribution >= 4 is 23.1 Å². The fourth-order valence-electron chi connectivity index (χ4n) is 6.72. The SMILES string of the molecule is C=C(O)C1(C)CCC(N2CCC[C@@H](c3nc(-c4ccc(C(=O)Nc5cc(C(F)(F)F)ccn5)cc4F)c4c(N)nccn34)C2)CC1. The molecule has 1 aliphatic carbocycles. The molecule has 4 heterocycles. The zero-order valence-corrected chi connectivity index (χ0v) is 25.3. The van der Waals surface area contributed by atoms with Gasteiger partial charge in [0.15, 0.2) is 0 Å². The Bertz CT molecular complexity index is 1800. The number of rotatable bonds is 6. The molecule has 4 aromatic rings. The lowest BCUT2D eigenvalue weighted by Gasteiger charge is -2.44. The molecule has 3 aromatic heterocycles. The number of likely N-dealkylation sites (tertiary alicyclic amines) is 1. The van der Waals surface area contributed by atoms with Gasteiger partial charge in [-0.3, -0.25) is 14.1 Å². The molecule has 4 N–H and O–H groups in total. The summed E-state index contributed by atoms with van der Waals surface area (Å²) >= 11 is 0. The van der Waals surface area contributed by atoms with Crippen molar-refractivity contribution in [1.82, 2.24) is 24.3 Å². The lowest BCUT2D eigenvalue weighted by Crippen LogP contribution is -2.45. The molecule has 0 unspecified atom stereocenters. The van der Waals surface area contributed by atoms with E-state index in [1.807, 2.05) is 4.40 Å². The monoisotopic (exact) mass is 637 g/mol. The highest BCUT2D eigenvalue weighted by Gasteiger charge is 2.38. The van der Waals surface area contributed by atoms with Crippen molar-refractivity contribution < 1.29 is 27.5 Å². The van der Waals surface area contributed by atoms with Gasteiger partial charge in [-0.1, -0.05) is 13.5 Å². The number of allylic oxidation sites excluding steroid dienone is 1. The van der Waals surface area contributed by atoms with Crippen molar-refractivity contribution in [1.29, 1.82) is 0 Å². The summed E-state index contributed by atoms with van der Waals surface area (Å²) in [5.41, 5.74) is 5.83. The van der Waals surface area contributed by atoms with Crippen LogP contribution in [0.3, 0.4) is 0 Å². The Morgan fingerprint density at radius 1 is 1.13 bits per heavy atom. The van der Waals surface area contributed by atoms with Crippen molar-refractivity contribution in [2.75, 3.05) is 24.1 Å². The molecule has 2 fully saturated rings. The molecule has 1 aromatic carbocycles. The molecule has 1 saturated heterocycles. The number of aliphatic hydroxyl groups is 1. The Labute approximate surface area is 263 Å². The third-order valence-corrected chi connectivity index (χ3v) is 9.52. The van der Waals surface area contributed by atoms with Crippen LogP contribution in [-0.2, 0) is 6.18 Å². The second-order valence-corrected chi connectivity index (χ2v) is 12.5. The standard InChI is InChI=1S/C33H35F4N7O2/c1-19(45)32(2)10-7-23(8-11-32)43-14-3-4-21(18-43)30-42-27(28-29(38)40-13-15-44(28)30)24-6-5-20(16-25(24)34)31(46)41-26-17-22(9-12-39-26)33(35,36)37/h5-6,9,12-13,15-17,21,23,45H,1,3-4,7-8,10-11,14,18H2,2H3,(H2,38,40)(H,39,41,46)/t21-,23?,32?/m1/s1. The number of nitrogens with two attached hydrogens (primary N) is 1. The van der Waals surface area contributed by atoms with Crippen LogP contribution in [-0.4, -0.2) is 54.4 Å². The zero-order valence-electron chi connectivity index (χ0n) is 25.3. The zero-order chi connectivity index (χ0) is 32.8. The number of pyridine rings is 1. The second kappa shape index (κ2) is 12.0. The van der Waals surface area contributed by atoms with Crippen LogP contribution in [0.1, 0.15) is 73.1 Å². The van der Waals surface area contributed by atoms with Crippen LogP contribution in [0.4, 0.5) is 29.2 Å². The molecule has 1 aliphatic heterocycles. The van der Waals surface area contributed by atoms with E-state index in [0.29, 0.717) is 17.6 Å². The van der Waals surface area contributed by atoms with Gasteiger partial charge in [0, 0.05) is 53.6 Å². The maximum absolute atomic E-state index is 15.7. The number of aromatic nitrogens is 4. The number of fused-ring (bicyclic) bond motifs is 1. The minimum Gasteiger partial charge on any atom is -0.512 e. The summed E-state index contributed by atoms with van der Waals surface area (Å²) in [6, 6.07) is 5.68. The normalized spacial score (nSPS) is 22.5. The van der Waals surface area contributed by atoms with E-state index < -0.39 is 23.5 Å². The van der Waals surface area contributed by atoms with Crippen molar-refractivity contribution in [3.8, 4) is 11.3 Å². The Morgan fingerprint density at radius 2 is 1.89 bits per heavy atom. The van der Waals surface area contributed by atoms with Crippen molar-refractivity contribution in [2.45, 2.75) is 63.6 Å². The number of carbonyl (C=O) groups excluding carboxylic acids is 1. The highest BCUT2D eigenvalue weighted by molar-refractivity contribution is 6.04.